The lowest BCUT2D eigenvalue weighted by Gasteiger charge is -2.19. The van der Waals surface area contributed by atoms with Gasteiger partial charge in [0, 0.05) is 26.8 Å². The third kappa shape index (κ3) is 2.71. The Morgan fingerprint density at radius 1 is 1.35 bits per heavy atom. The van der Waals surface area contributed by atoms with Crippen LogP contribution in [0.4, 0.5) is 11.6 Å². The Balaban J connectivity index is 2.39. The number of hydrogen-bond donors (Lipinski definition) is 2. The summed E-state index contributed by atoms with van der Waals surface area (Å²) in [7, 11) is 5.05. The minimum absolute atomic E-state index is 0.0763. The average Bonchev–Trinajstić information content (AvgIpc) is 2.39. The van der Waals surface area contributed by atoms with Crippen LogP contribution in [0.15, 0.2) is 23.0 Å². The number of aromatic nitrogens is 2. The summed E-state index contributed by atoms with van der Waals surface area (Å²) < 4.78 is 0. The van der Waals surface area contributed by atoms with E-state index in [1.54, 1.807) is 44.2 Å². The molecule has 1 heterocycles. The molecule has 7 nitrogen and oxygen atoms in total. The van der Waals surface area contributed by atoms with Crippen LogP contribution < -0.4 is 16.2 Å². The molecule has 0 saturated heterocycles. The zero-order chi connectivity index (χ0) is 14.9. The quantitative estimate of drug-likeness (QED) is 0.771. The maximum atomic E-state index is 12.0. The van der Waals surface area contributed by atoms with Crippen molar-refractivity contribution in [3.8, 4) is 0 Å². The van der Waals surface area contributed by atoms with Gasteiger partial charge in [0.1, 0.15) is 0 Å². The predicted octanol–water partition coefficient (Wildman–Crippen LogP) is 0.0297. The third-order valence-electron chi connectivity index (χ3n) is 2.95. The number of hydrogen-bond acceptors (Lipinski definition) is 5. The summed E-state index contributed by atoms with van der Waals surface area (Å²) in [6.45, 7) is 0.135. The highest BCUT2D eigenvalue weighted by Gasteiger charge is 2.12. The van der Waals surface area contributed by atoms with Gasteiger partial charge in [0.15, 0.2) is 0 Å². The minimum Gasteiger partial charge on any atom is -0.399 e. The molecule has 1 aromatic carbocycles. The summed E-state index contributed by atoms with van der Waals surface area (Å²) >= 11 is 0. The van der Waals surface area contributed by atoms with Crippen molar-refractivity contribution in [3.63, 3.8) is 0 Å². The molecule has 7 heteroatoms. The van der Waals surface area contributed by atoms with E-state index >= 15 is 0 Å². The molecule has 0 unspecified atom stereocenters. The van der Waals surface area contributed by atoms with Crippen molar-refractivity contribution < 1.29 is 4.79 Å². The summed E-state index contributed by atoms with van der Waals surface area (Å²) in [5, 5.41) is 0.432. The molecule has 0 spiro atoms. The molecular weight excluding hydrogens is 258 g/mol. The van der Waals surface area contributed by atoms with Gasteiger partial charge in [0.05, 0.1) is 17.4 Å². The van der Waals surface area contributed by atoms with Gasteiger partial charge in [-0.3, -0.25) is 14.6 Å². The Kier molecular flexibility index (Phi) is 3.60. The normalized spacial score (nSPS) is 10.6. The van der Waals surface area contributed by atoms with Gasteiger partial charge in [0.25, 0.3) is 5.56 Å². The van der Waals surface area contributed by atoms with E-state index in [2.05, 4.69) is 9.97 Å². The zero-order valence-electron chi connectivity index (χ0n) is 11.7. The van der Waals surface area contributed by atoms with E-state index in [1.807, 2.05) is 0 Å². The van der Waals surface area contributed by atoms with E-state index in [-0.39, 0.29) is 18.0 Å². The Labute approximate surface area is 116 Å². The molecule has 0 fully saturated rings. The van der Waals surface area contributed by atoms with Crippen LogP contribution in [-0.4, -0.2) is 48.5 Å². The van der Waals surface area contributed by atoms with Crippen molar-refractivity contribution in [2.24, 2.45) is 0 Å². The minimum atomic E-state index is -0.276. The topological polar surface area (TPSA) is 95.3 Å². The zero-order valence-corrected chi connectivity index (χ0v) is 11.7. The van der Waals surface area contributed by atoms with Crippen LogP contribution in [0.25, 0.3) is 10.9 Å². The molecule has 0 radical (unpaired) electrons. The molecule has 0 bridgehead atoms. The standard InChI is InChI=1S/C13H17N5O2/c1-17(2)11(19)7-18(3)13-15-10-5-4-8(14)6-9(10)12(20)16-13/h4-6H,7,14H2,1-3H3,(H,15,16,20). The third-order valence-corrected chi connectivity index (χ3v) is 2.95. The number of nitrogens with two attached hydrogens (primary N) is 1. The van der Waals surface area contributed by atoms with Gasteiger partial charge in [-0.1, -0.05) is 0 Å². The molecule has 1 aromatic heterocycles. The van der Waals surface area contributed by atoms with Crippen molar-refractivity contribution in [2.45, 2.75) is 0 Å². The summed E-state index contributed by atoms with van der Waals surface area (Å²) in [6, 6.07) is 4.95. The average molecular weight is 275 g/mol. The number of amides is 1. The number of fused-ring (bicyclic) bond motifs is 1. The van der Waals surface area contributed by atoms with Crippen LogP contribution in [0.1, 0.15) is 0 Å². The number of nitrogens with zero attached hydrogens (tertiary/aromatic N) is 3. The number of H-pyrrole nitrogens is 1. The first kappa shape index (κ1) is 13.9. The Hall–Kier alpha value is -2.57. The number of rotatable bonds is 3. The highest BCUT2D eigenvalue weighted by Crippen LogP contribution is 2.14. The smallest absolute Gasteiger partial charge is 0.260 e. The fourth-order valence-electron chi connectivity index (χ4n) is 1.74. The number of carbonyl (C=O) groups is 1. The highest BCUT2D eigenvalue weighted by molar-refractivity contribution is 5.83. The Morgan fingerprint density at radius 2 is 2.05 bits per heavy atom. The molecule has 2 rings (SSSR count). The highest BCUT2D eigenvalue weighted by atomic mass is 16.2. The summed E-state index contributed by atoms with van der Waals surface area (Å²) in [5.74, 6) is 0.273. The first-order valence-electron chi connectivity index (χ1n) is 6.09. The predicted molar refractivity (Wildman–Crippen MR) is 78.7 cm³/mol. The maximum absolute atomic E-state index is 12.0. The molecule has 20 heavy (non-hydrogen) atoms. The van der Waals surface area contributed by atoms with E-state index in [4.69, 9.17) is 5.73 Å². The fraction of sp³-hybridized carbons (Fsp3) is 0.308. The van der Waals surface area contributed by atoms with E-state index in [9.17, 15) is 9.59 Å². The molecule has 0 aliphatic rings. The van der Waals surface area contributed by atoms with E-state index in [0.717, 1.165) is 0 Å². The second kappa shape index (κ2) is 5.20. The SMILES string of the molecule is CN(C)C(=O)CN(C)c1nc2ccc(N)cc2c(=O)[nH]1. The van der Waals surface area contributed by atoms with Crippen molar-refractivity contribution in [1.82, 2.24) is 14.9 Å². The van der Waals surface area contributed by atoms with Gasteiger partial charge in [-0.15, -0.1) is 0 Å². The van der Waals surface area contributed by atoms with Gasteiger partial charge in [-0.2, -0.15) is 0 Å². The van der Waals surface area contributed by atoms with Gasteiger partial charge in [-0.05, 0) is 18.2 Å². The number of nitrogens with one attached hydrogen (secondary N) is 1. The molecule has 1 amide bonds. The van der Waals surface area contributed by atoms with E-state index < -0.39 is 0 Å². The first-order valence-corrected chi connectivity index (χ1v) is 6.09. The summed E-state index contributed by atoms with van der Waals surface area (Å²) in [5.41, 5.74) is 6.42. The monoisotopic (exact) mass is 275 g/mol. The van der Waals surface area contributed by atoms with Crippen LogP contribution in [0.2, 0.25) is 0 Å². The van der Waals surface area contributed by atoms with Crippen molar-refractivity contribution >= 4 is 28.4 Å². The molecule has 106 valence electrons. The maximum Gasteiger partial charge on any atom is 0.260 e. The molecule has 0 atom stereocenters. The summed E-state index contributed by atoms with van der Waals surface area (Å²) in [4.78, 5) is 33.7. The van der Waals surface area contributed by atoms with Crippen molar-refractivity contribution in [2.75, 3.05) is 38.3 Å². The number of aromatic amines is 1. The Morgan fingerprint density at radius 3 is 2.70 bits per heavy atom. The second-order valence-electron chi connectivity index (χ2n) is 4.81. The molecule has 0 aliphatic heterocycles. The largest absolute Gasteiger partial charge is 0.399 e. The van der Waals surface area contributed by atoms with Crippen molar-refractivity contribution in [3.05, 3.63) is 28.6 Å². The fourth-order valence-corrected chi connectivity index (χ4v) is 1.74. The molecule has 3 N–H and O–H groups in total. The van der Waals surface area contributed by atoms with Crippen LogP contribution in [0.5, 0.6) is 0 Å². The van der Waals surface area contributed by atoms with Crippen LogP contribution in [-0.2, 0) is 4.79 Å². The van der Waals surface area contributed by atoms with Gasteiger partial charge in [0.2, 0.25) is 11.9 Å². The van der Waals surface area contributed by atoms with E-state index in [1.165, 1.54) is 4.90 Å². The number of anilines is 2. The number of benzene rings is 1. The molecular formula is C13H17N5O2. The van der Waals surface area contributed by atoms with Crippen LogP contribution in [0, 0.1) is 0 Å². The molecule has 0 aliphatic carbocycles. The Bertz CT molecular complexity index is 707. The van der Waals surface area contributed by atoms with Gasteiger partial charge < -0.3 is 15.5 Å². The molecule has 0 saturated carbocycles. The summed E-state index contributed by atoms with van der Waals surface area (Å²) in [6.07, 6.45) is 0. The lowest BCUT2D eigenvalue weighted by atomic mass is 10.2. The lowest BCUT2D eigenvalue weighted by molar-refractivity contribution is -0.127. The first-order chi connectivity index (χ1) is 9.38. The van der Waals surface area contributed by atoms with Gasteiger partial charge in [-0.25, -0.2) is 4.98 Å². The van der Waals surface area contributed by atoms with E-state index in [0.29, 0.717) is 22.5 Å². The van der Waals surface area contributed by atoms with Crippen molar-refractivity contribution in [1.29, 1.82) is 0 Å². The van der Waals surface area contributed by atoms with Crippen LogP contribution in [0.3, 0.4) is 0 Å². The number of likely N-dealkylation sites (N-methyl/N-ethyl adjacent to an activating group) is 2. The van der Waals surface area contributed by atoms with Crippen LogP contribution >= 0.6 is 0 Å². The van der Waals surface area contributed by atoms with Gasteiger partial charge >= 0.3 is 0 Å². The number of nitrogen functional groups attached to an aromatic ring is 1. The second-order valence-corrected chi connectivity index (χ2v) is 4.81. The number of carbonyl (C=O) groups excluding carboxylic acids is 1. The lowest BCUT2D eigenvalue weighted by Crippen LogP contribution is -2.35. The molecule has 2 aromatic rings.